The molecule has 1 aromatic heterocycles. The van der Waals surface area contributed by atoms with E-state index in [-0.39, 0.29) is 0 Å². The quantitative estimate of drug-likeness (QED) is 0.605. The van der Waals surface area contributed by atoms with E-state index in [0.717, 1.165) is 18.5 Å². The lowest BCUT2D eigenvalue weighted by molar-refractivity contribution is 0.425. The van der Waals surface area contributed by atoms with Crippen molar-refractivity contribution in [1.29, 1.82) is 0 Å². The minimum atomic E-state index is -1.41. The van der Waals surface area contributed by atoms with E-state index in [2.05, 4.69) is 11.9 Å². The third-order valence-corrected chi connectivity index (χ3v) is 1.65. The van der Waals surface area contributed by atoms with Crippen LogP contribution < -0.4 is 5.46 Å². The molecule has 0 atom stereocenters. The molecule has 1 aromatic rings. The van der Waals surface area contributed by atoms with Crippen molar-refractivity contribution in [2.75, 3.05) is 0 Å². The average Bonchev–Trinajstić information content (AvgIpc) is 2.06. The van der Waals surface area contributed by atoms with Crippen LogP contribution in [0, 0.1) is 0 Å². The molecule has 0 radical (unpaired) electrons. The number of aromatic nitrogens is 1. The Morgan fingerprint density at radius 3 is 2.58 bits per heavy atom. The molecule has 2 N–H and O–H groups in total. The van der Waals surface area contributed by atoms with Crippen LogP contribution in [0.4, 0.5) is 0 Å². The van der Waals surface area contributed by atoms with Gasteiger partial charge < -0.3 is 10.0 Å². The molecule has 0 fully saturated rings. The zero-order valence-corrected chi connectivity index (χ0v) is 7.07. The Kier molecular flexibility index (Phi) is 3.25. The van der Waals surface area contributed by atoms with E-state index in [9.17, 15) is 0 Å². The zero-order valence-electron chi connectivity index (χ0n) is 7.07. The molecule has 0 amide bonds. The largest absolute Gasteiger partial charge is 0.490 e. The predicted molar refractivity (Wildman–Crippen MR) is 48.1 cm³/mol. The molecule has 3 nitrogen and oxygen atoms in total. The molecule has 12 heavy (non-hydrogen) atoms. The first-order chi connectivity index (χ1) is 5.74. The standard InChI is InChI=1S/C8H12BNO2/c1-2-3-8-5-4-7(6-10-8)9(11)12/h4-6,11-12H,2-3H2,1H3. The molecule has 0 spiro atoms. The van der Waals surface area contributed by atoms with Crippen molar-refractivity contribution in [2.24, 2.45) is 0 Å². The van der Waals surface area contributed by atoms with Gasteiger partial charge in [-0.3, -0.25) is 4.98 Å². The van der Waals surface area contributed by atoms with Crippen molar-refractivity contribution in [3.05, 3.63) is 24.0 Å². The first-order valence-corrected chi connectivity index (χ1v) is 4.05. The average molecular weight is 165 g/mol. The van der Waals surface area contributed by atoms with Crippen LogP contribution in [0.3, 0.4) is 0 Å². The number of hydrogen-bond donors (Lipinski definition) is 2. The molecule has 0 aliphatic carbocycles. The first kappa shape index (κ1) is 9.22. The van der Waals surface area contributed by atoms with Gasteiger partial charge in [-0.05, 0) is 12.5 Å². The summed E-state index contributed by atoms with van der Waals surface area (Å²) in [6.45, 7) is 2.08. The SMILES string of the molecule is CCCc1ccc(B(O)O)cn1. The zero-order chi connectivity index (χ0) is 8.97. The van der Waals surface area contributed by atoms with Crippen LogP contribution in [-0.4, -0.2) is 22.2 Å². The summed E-state index contributed by atoms with van der Waals surface area (Å²) in [6.07, 6.45) is 3.48. The summed E-state index contributed by atoms with van der Waals surface area (Å²) in [6, 6.07) is 3.50. The van der Waals surface area contributed by atoms with Crippen molar-refractivity contribution in [3.8, 4) is 0 Å². The Bertz CT molecular complexity index is 235. The van der Waals surface area contributed by atoms with E-state index < -0.39 is 7.12 Å². The molecule has 0 saturated heterocycles. The third kappa shape index (κ3) is 2.32. The van der Waals surface area contributed by atoms with E-state index >= 15 is 0 Å². The number of hydrogen-bond acceptors (Lipinski definition) is 3. The topological polar surface area (TPSA) is 53.4 Å². The fourth-order valence-corrected chi connectivity index (χ4v) is 0.993. The number of aryl methyl sites for hydroxylation is 1. The van der Waals surface area contributed by atoms with E-state index in [1.54, 1.807) is 6.07 Å². The molecule has 4 heteroatoms. The second-order valence-corrected chi connectivity index (χ2v) is 2.71. The molecule has 0 aliphatic heterocycles. The Hall–Kier alpha value is -0.865. The molecule has 0 bridgehead atoms. The van der Waals surface area contributed by atoms with Crippen LogP contribution in [0.15, 0.2) is 18.3 Å². The lowest BCUT2D eigenvalue weighted by Crippen LogP contribution is -2.30. The number of pyridine rings is 1. The van der Waals surface area contributed by atoms with E-state index in [1.807, 2.05) is 6.07 Å². The molecule has 1 rings (SSSR count). The van der Waals surface area contributed by atoms with Crippen LogP contribution in [0.2, 0.25) is 0 Å². The molecule has 0 unspecified atom stereocenters. The van der Waals surface area contributed by atoms with E-state index in [0.29, 0.717) is 5.46 Å². The van der Waals surface area contributed by atoms with Gasteiger partial charge in [0, 0.05) is 17.4 Å². The maximum Gasteiger partial charge on any atom is 0.490 e. The minimum absolute atomic E-state index is 0.440. The summed E-state index contributed by atoms with van der Waals surface area (Å²) in [5.74, 6) is 0. The second kappa shape index (κ2) is 4.23. The number of rotatable bonds is 3. The van der Waals surface area contributed by atoms with Crippen LogP contribution in [0.5, 0.6) is 0 Å². The van der Waals surface area contributed by atoms with Gasteiger partial charge in [-0.1, -0.05) is 19.4 Å². The maximum atomic E-state index is 8.76. The Labute approximate surface area is 72.2 Å². The Balaban J connectivity index is 2.71. The Morgan fingerprint density at radius 1 is 1.42 bits per heavy atom. The van der Waals surface area contributed by atoms with Gasteiger partial charge in [-0.25, -0.2) is 0 Å². The summed E-state index contributed by atoms with van der Waals surface area (Å²) in [7, 11) is -1.41. The summed E-state index contributed by atoms with van der Waals surface area (Å²) in [5.41, 5.74) is 1.43. The highest BCUT2D eigenvalue weighted by Crippen LogP contribution is 1.96. The smallest absolute Gasteiger partial charge is 0.423 e. The van der Waals surface area contributed by atoms with Crippen molar-refractivity contribution < 1.29 is 10.0 Å². The minimum Gasteiger partial charge on any atom is -0.423 e. The summed E-state index contributed by atoms with van der Waals surface area (Å²) in [4.78, 5) is 4.07. The lowest BCUT2D eigenvalue weighted by atomic mass is 9.81. The van der Waals surface area contributed by atoms with Crippen molar-refractivity contribution in [1.82, 2.24) is 4.98 Å². The summed E-state index contributed by atoms with van der Waals surface area (Å²) in [5, 5.41) is 17.5. The fourth-order valence-electron chi connectivity index (χ4n) is 0.993. The normalized spacial score (nSPS) is 9.92. The van der Waals surface area contributed by atoms with Gasteiger partial charge in [0.25, 0.3) is 0 Å². The first-order valence-electron chi connectivity index (χ1n) is 4.05. The second-order valence-electron chi connectivity index (χ2n) is 2.71. The molecular formula is C8H12BNO2. The van der Waals surface area contributed by atoms with Crippen LogP contribution >= 0.6 is 0 Å². The fraction of sp³-hybridized carbons (Fsp3) is 0.375. The monoisotopic (exact) mass is 165 g/mol. The van der Waals surface area contributed by atoms with Gasteiger partial charge in [0.05, 0.1) is 0 Å². The summed E-state index contributed by atoms with van der Waals surface area (Å²) < 4.78 is 0. The van der Waals surface area contributed by atoms with Crippen molar-refractivity contribution >= 4 is 12.6 Å². The van der Waals surface area contributed by atoms with Crippen molar-refractivity contribution in [3.63, 3.8) is 0 Å². The molecule has 0 saturated carbocycles. The van der Waals surface area contributed by atoms with Gasteiger partial charge in [0.15, 0.2) is 0 Å². The van der Waals surface area contributed by atoms with Crippen LogP contribution in [0.1, 0.15) is 19.0 Å². The van der Waals surface area contributed by atoms with Crippen molar-refractivity contribution in [2.45, 2.75) is 19.8 Å². The van der Waals surface area contributed by atoms with E-state index in [1.165, 1.54) is 6.20 Å². The predicted octanol–water partition coefficient (Wildman–Crippen LogP) is -0.286. The molecule has 64 valence electrons. The highest BCUT2D eigenvalue weighted by molar-refractivity contribution is 6.58. The highest BCUT2D eigenvalue weighted by Gasteiger charge is 2.09. The molecule has 0 aliphatic rings. The van der Waals surface area contributed by atoms with Crippen LogP contribution in [-0.2, 0) is 6.42 Å². The third-order valence-electron chi connectivity index (χ3n) is 1.65. The van der Waals surface area contributed by atoms with Gasteiger partial charge in [0.2, 0.25) is 0 Å². The number of nitrogens with zero attached hydrogens (tertiary/aromatic N) is 1. The molecular weight excluding hydrogens is 153 g/mol. The Morgan fingerprint density at radius 2 is 2.17 bits per heavy atom. The molecule has 0 aromatic carbocycles. The van der Waals surface area contributed by atoms with Crippen LogP contribution in [0.25, 0.3) is 0 Å². The molecule has 1 heterocycles. The lowest BCUT2D eigenvalue weighted by Gasteiger charge is -2.00. The van der Waals surface area contributed by atoms with Gasteiger partial charge in [0.1, 0.15) is 0 Å². The highest BCUT2D eigenvalue weighted by atomic mass is 16.4. The van der Waals surface area contributed by atoms with Gasteiger partial charge in [-0.2, -0.15) is 0 Å². The van der Waals surface area contributed by atoms with E-state index in [4.69, 9.17) is 10.0 Å². The van der Waals surface area contributed by atoms with Gasteiger partial charge >= 0.3 is 7.12 Å². The van der Waals surface area contributed by atoms with Gasteiger partial charge in [-0.15, -0.1) is 0 Å². The summed E-state index contributed by atoms with van der Waals surface area (Å²) >= 11 is 0. The maximum absolute atomic E-state index is 8.76.